The van der Waals surface area contributed by atoms with Crippen molar-refractivity contribution in [1.29, 1.82) is 5.26 Å². The van der Waals surface area contributed by atoms with Crippen LogP contribution in [0.4, 0.5) is 0 Å². The second-order valence-electron chi connectivity index (χ2n) is 3.68. The van der Waals surface area contributed by atoms with E-state index in [0.717, 1.165) is 15.9 Å². The minimum absolute atomic E-state index is 0.00290. The fourth-order valence-electron chi connectivity index (χ4n) is 1.70. The second-order valence-corrected chi connectivity index (χ2v) is 4.08. The van der Waals surface area contributed by atoms with Crippen LogP contribution >= 0.6 is 11.6 Å². The van der Waals surface area contributed by atoms with Crippen LogP contribution in [0.5, 0.6) is 0 Å². The van der Waals surface area contributed by atoms with Gasteiger partial charge in [0.1, 0.15) is 0 Å². The minimum atomic E-state index is -0.00290. The number of halogens is 1. The number of nitrogens with zero attached hydrogens (tertiary/aromatic N) is 2. The van der Waals surface area contributed by atoms with Gasteiger partial charge in [0, 0.05) is 18.1 Å². The summed E-state index contributed by atoms with van der Waals surface area (Å²) in [6.07, 6.45) is 1.98. The van der Waals surface area contributed by atoms with E-state index < -0.39 is 0 Å². The molecule has 0 aliphatic rings. The molecule has 0 bridgehead atoms. The highest BCUT2D eigenvalue weighted by Crippen LogP contribution is 2.24. The summed E-state index contributed by atoms with van der Waals surface area (Å²) in [4.78, 5) is 0. The van der Waals surface area contributed by atoms with Gasteiger partial charge in [-0.05, 0) is 19.1 Å². The first-order chi connectivity index (χ1) is 7.22. The van der Waals surface area contributed by atoms with Crippen molar-refractivity contribution in [2.75, 3.05) is 0 Å². The standard InChI is InChI=1S/C12H11ClN2/c1-9(7-14)8-15-6-5-10-3-2-4-11(13)12(10)15/h2-6,9H,8H2,1H3. The fourth-order valence-corrected chi connectivity index (χ4v) is 1.99. The maximum atomic E-state index is 8.78. The molecule has 0 spiro atoms. The smallest absolute Gasteiger partial charge is 0.0671 e. The molecular weight excluding hydrogens is 208 g/mol. The summed E-state index contributed by atoms with van der Waals surface area (Å²) in [6, 6.07) is 10.1. The Labute approximate surface area is 93.7 Å². The molecule has 1 aromatic heterocycles. The first-order valence-electron chi connectivity index (χ1n) is 4.85. The highest BCUT2D eigenvalue weighted by molar-refractivity contribution is 6.35. The van der Waals surface area contributed by atoms with Crippen LogP contribution in [0.1, 0.15) is 6.92 Å². The Morgan fingerprint density at radius 2 is 2.27 bits per heavy atom. The summed E-state index contributed by atoms with van der Waals surface area (Å²) in [5.41, 5.74) is 1.02. The summed E-state index contributed by atoms with van der Waals surface area (Å²) < 4.78 is 2.03. The van der Waals surface area contributed by atoms with Gasteiger partial charge in [0.25, 0.3) is 0 Å². The number of aromatic nitrogens is 1. The van der Waals surface area contributed by atoms with Crippen molar-refractivity contribution in [3.8, 4) is 6.07 Å². The third-order valence-electron chi connectivity index (χ3n) is 2.43. The van der Waals surface area contributed by atoms with Gasteiger partial charge in [-0.2, -0.15) is 5.26 Å². The molecule has 0 N–H and O–H groups in total. The van der Waals surface area contributed by atoms with Crippen LogP contribution in [-0.2, 0) is 6.54 Å². The van der Waals surface area contributed by atoms with Gasteiger partial charge in [0.2, 0.25) is 0 Å². The number of hydrogen-bond donors (Lipinski definition) is 0. The maximum absolute atomic E-state index is 8.78. The summed E-state index contributed by atoms with van der Waals surface area (Å²) >= 11 is 6.13. The van der Waals surface area contributed by atoms with E-state index in [1.165, 1.54) is 0 Å². The van der Waals surface area contributed by atoms with Gasteiger partial charge in [-0.1, -0.05) is 23.7 Å². The topological polar surface area (TPSA) is 28.7 Å². The van der Waals surface area contributed by atoms with Gasteiger partial charge >= 0.3 is 0 Å². The molecule has 0 saturated carbocycles. The lowest BCUT2D eigenvalue weighted by Gasteiger charge is -2.07. The Bertz CT molecular complexity index is 522. The summed E-state index contributed by atoms with van der Waals surface area (Å²) in [7, 11) is 0. The van der Waals surface area contributed by atoms with Crippen LogP contribution in [0, 0.1) is 17.2 Å². The molecule has 0 saturated heterocycles. The molecule has 0 radical (unpaired) electrons. The zero-order valence-corrected chi connectivity index (χ0v) is 9.20. The number of para-hydroxylation sites is 1. The molecule has 3 heteroatoms. The normalized spacial score (nSPS) is 12.6. The van der Waals surface area contributed by atoms with Crippen molar-refractivity contribution in [2.24, 2.45) is 5.92 Å². The first-order valence-corrected chi connectivity index (χ1v) is 5.23. The van der Waals surface area contributed by atoms with Crippen LogP contribution < -0.4 is 0 Å². The quantitative estimate of drug-likeness (QED) is 0.759. The maximum Gasteiger partial charge on any atom is 0.0671 e. The molecule has 2 nitrogen and oxygen atoms in total. The van der Waals surface area contributed by atoms with Gasteiger partial charge in [-0.15, -0.1) is 0 Å². The average Bonchev–Trinajstić information content (AvgIpc) is 2.63. The molecule has 0 amide bonds. The Hall–Kier alpha value is -1.46. The molecule has 1 unspecified atom stereocenters. The fraction of sp³-hybridized carbons (Fsp3) is 0.250. The molecule has 0 aliphatic heterocycles. The lowest BCUT2D eigenvalue weighted by molar-refractivity contribution is 0.596. The van der Waals surface area contributed by atoms with E-state index in [2.05, 4.69) is 6.07 Å². The van der Waals surface area contributed by atoms with Crippen molar-refractivity contribution in [1.82, 2.24) is 4.57 Å². The monoisotopic (exact) mass is 218 g/mol. The highest BCUT2D eigenvalue weighted by atomic mass is 35.5. The lowest BCUT2D eigenvalue weighted by Crippen LogP contribution is -2.04. The molecule has 0 aliphatic carbocycles. The molecule has 1 atom stereocenters. The lowest BCUT2D eigenvalue weighted by atomic mass is 10.2. The SMILES string of the molecule is CC(C#N)Cn1ccc2cccc(Cl)c21. The van der Waals surface area contributed by atoms with Crippen molar-refractivity contribution >= 4 is 22.5 Å². The molecule has 2 rings (SSSR count). The van der Waals surface area contributed by atoms with Crippen molar-refractivity contribution in [2.45, 2.75) is 13.5 Å². The summed E-state index contributed by atoms with van der Waals surface area (Å²) in [5, 5.41) is 10.6. The zero-order chi connectivity index (χ0) is 10.8. The molecular formula is C12H11ClN2. The molecule has 1 heterocycles. The van der Waals surface area contributed by atoms with Gasteiger partial charge in [-0.3, -0.25) is 0 Å². The van der Waals surface area contributed by atoms with Crippen molar-refractivity contribution < 1.29 is 0 Å². The van der Waals surface area contributed by atoms with Gasteiger partial charge in [0.15, 0.2) is 0 Å². The number of nitriles is 1. The first kappa shape index (κ1) is 10.1. The van der Waals surface area contributed by atoms with Crippen LogP contribution in [0.15, 0.2) is 30.5 Å². The van der Waals surface area contributed by atoms with Crippen LogP contribution in [0.3, 0.4) is 0 Å². The van der Waals surface area contributed by atoms with E-state index in [0.29, 0.717) is 6.54 Å². The Balaban J connectivity index is 2.49. The van der Waals surface area contributed by atoms with Crippen LogP contribution in [-0.4, -0.2) is 4.57 Å². The molecule has 2 aromatic rings. The predicted molar refractivity (Wildman–Crippen MR) is 61.7 cm³/mol. The third-order valence-corrected chi connectivity index (χ3v) is 2.74. The molecule has 15 heavy (non-hydrogen) atoms. The van der Waals surface area contributed by atoms with E-state index in [9.17, 15) is 0 Å². The van der Waals surface area contributed by atoms with Crippen molar-refractivity contribution in [3.05, 3.63) is 35.5 Å². The average molecular weight is 219 g/mol. The van der Waals surface area contributed by atoms with Gasteiger partial charge in [0.05, 0.1) is 22.5 Å². The van der Waals surface area contributed by atoms with Gasteiger partial charge in [-0.25, -0.2) is 0 Å². The predicted octanol–water partition coefficient (Wildman–Crippen LogP) is 3.45. The summed E-state index contributed by atoms with van der Waals surface area (Å²) in [5.74, 6) is -0.00290. The van der Waals surface area contributed by atoms with Crippen LogP contribution in [0.25, 0.3) is 10.9 Å². The van der Waals surface area contributed by atoms with E-state index in [1.807, 2.05) is 42.0 Å². The second kappa shape index (κ2) is 3.96. The minimum Gasteiger partial charge on any atom is -0.345 e. The highest BCUT2D eigenvalue weighted by Gasteiger charge is 2.07. The molecule has 1 aromatic carbocycles. The van der Waals surface area contributed by atoms with E-state index >= 15 is 0 Å². The Kier molecular flexibility index (Phi) is 2.66. The third kappa shape index (κ3) is 1.84. The van der Waals surface area contributed by atoms with Crippen molar-refractivity contribution in [3.63, 3.8) is 0 Å². The van der Waals surface area contributed by atoms with Gasteiger partial charge < -0.3 is 4.57 Å². The molecule has 0 fully saturated rings. The largest absolute Gasteiger partial charge is 0.345 e. The number of rotatable bonds is 2. The van der Waals surface area contributed by atoms with E-state index in [1.54, 1.807) is 0 Å². The summed E-state index contributed by atoms with van der Waals surface area (Å²) in [6.45, 7) is 2.59. The van der Waals surface area contributed by atoms with E-state index in [-0.39, 0.29) is 5.92 Å². The Morgan fingerprint density at radius 3 is 3.00 bits per heavy atom. The Morgan fingerprint density at radius 1 is 1.47 bits per heavy atom. The zero-order valence-electron chi connectivity index (χ0n) is 8.44. The van der Waals surface area contributed by atoms with E-state index in [4.69, 9.17) is 16.9 Å². The molecule has 76 valence electrons. The number of benzene rings is 1. The number of fused-ring (bicyclic) bond motifs is 1. The number of hydrogen-bond acceptors (Lipinski definition) is 1. The van der Waals surface area contributed by atoms with Crippen LogP contribution in [0.2, 0.25) is 5.02 Å².